The van der Waals surface area contributed by atoms with Gasteiger partial charge in [0.1, 0.15) is 11.8 Å². The first-order valence-corrected chi connectivity index (χ1v) is 12.9. The molecular weight excluding hydrogens is 466 g/mol. The van der Waals surface area contributed by atoms with E-state index in [2.05, 4.69) is 5.32 Å². The van der Waals surface area contributed by atoms with Crippen LogP contribution < -0.4 is 14.4 Å². The summed E-state index contributed by atoms with van der Waals surface area (Å²) < 4.78 is 33.0. The molecule has 184 valence electrons. The van der Waals surface area contributed by atoms with E-state index in [9.17, 15) is 18.0 Å². The van der Waals surface area contributed by atoms with Crippen molar-refractivity contribution in [2.45, 2.75) is 37.2 Å². The van der Waals surface area contributed by atoms with E-state index in [0.717, 1.165) is 10.9 Å². The van der Waals surface area contributed by atoms with Gasteiger partial charge in [-0.3, -0.25) is 13.9 Å². The van der Waals surface area contributed by atoms with Crippen LogP contribution in [0.15, 0.2) is 65.6 Å². The summed E-state index contributed by atoms with van der Waals surface area (Å²) in [5, 5.41) is 4.18. The molecule has 35 heavy (non-hydrogen) atoms. The molecule has 0 aromatic heterocycles. The van der Waals surface area contributed by atoms with Crippen molar-refractivity contribution in [1.82, 2.24) is 10.2 Å². The van der Waals surface area contributed by atoms with Gasteiger partial charge in [0.2, 0.25) is 11.8 Å². The summed E-state index contributed by atoms with van der Waals surface area (Å²) >= 11 is 0. The maximum absolute atomic E-state index is 13.3. The Morgan fingerprint density at radius 2 is 1.80 bits per heavy atom. The van der Waals surface area contributed by atoms with Crippen LogP contribution in [0.1, 0.15) is 25.3 Å². The van der Waals surface area contributed by atoms with Crippen LogP contribution >= 0.6 is 0 Å². The Morgan fingerprint density at radius 1 is 1.09 bits per heavy atom. The molecule has 0 fully saturated rings. The lowest BCUT2D eigenvalue weighted by Gasteiger charge is -2.29. The van der Waals surface area contributed by atoms with Crippen molar-refractivity contribution in [1.29, 1.82) is 0 Å². The Hall–Kier alpha value is -3.59. The van der Waals surface area contributed by atoms with E-state index in [1.165, 1.54) is 16.3 Å². The van der Waals surface area contributed by atoms with Crippen LogP contribution in [0.4, 0.5) is 5.69 Å². The fourth-order valence-electron chi connectivity index (χ4n) is 4.48. The maximum Gasteiger partial charge on any atom is 0.265 e. The first-order valence-electron chi connectivity index (χ1n) is 11.5. The normalized spacial score (nSPS) is 14.5. The minimum atomic E-state index is -3.68. The largest absolute Gasteiger partial charge is 0.497 e. The standard InChI is InChI=1S/C26H29N3O5S/c1-18(26(31)27-2)28(17-19-8-4-11-21(16-19)34-3)24(30)14-7-15-29-22-12-5-9-20-10-6-13-23(25(20)22)35(29,32)33/h4-6,8-13,16,18H,7,14-15,17H2,1-3H3,(H,27,31)/t18-/m0/s1. The second-order valence-electron chi connectivity index (χ2n) is 8.48. The van der Waals surface area contributed by atoms with Crippen LogP contribution in [0.25, 0.3) is 10.8 Å². The highest BCUT2D eigenvalue weighted by atomic mass is 32.2. The van der Waals surface area contributed by atoms with E-state index >= 15 is 0 Å². The van der Waals surface area contributed by atoms with Crippen molar-refractivity contribution < 1.29 is 22.7 Å². The SMILES string of the molecule is CNC(=O)[C@H](C)N(Cc1cccc(OC)c1)C(=O)CCCN1c2cccc3cccc(c23)S1(=O)=O. The minimum absolute atomic E-state index is 0.101. The van der Waals surface area contributed by atoms with Gasteiger partial charge in [0, 0.05) is 31.9 Å². The number of carbonyl (C=O) groups is 2. The van der Waals surface area contributed by atoms with Gasteiger partial charge in [-0.2, -0.15) is 0 Å². The highest BCUT2D eigenvalue weighted by Gasteiger charge is 2.35. The molecule has 2 amide bonds. The number of sulfonamides is 1. The van der Waals surface area contributed by atoms with Crippen LogP contribution in [-0.4, -0.2) is 51.9 Å². The Morgan fingerprint density at radius 3 is 2.51 bits per heavy atom. The van der Waals surface area contributed by atoms with Gasteiger partial charge in [0.05, 0.1) is 17.7 Å². The third kappa shape index (κ3) is 4.68. The smallest absolute Gasteiger partial charge is 0.265 e. The number of carbonyl (C=O) groups excluding carboxylic acids is 2. The van der Waals surface area contributed by atoms with Crippen molar-refractivity contribution in [2.24, 2.45) is 0 Å². The zero-order valence-corrected chi connectivity index (χ0v) is 20.8. The lowest BCUT2D eigenvalue weighted by atomic mass is 10.1. The number of ether oxygens (including phenoxy) is 1. The number of methoxy groups -OCH3 is 1. The molecule has 1 aliphatic heterocycles. The quantitative estimate of drug-likeness (QED) is 0.491. The highest BCUT2D eigenvalue weighted by Crippen LogP contribution is 2.42. The molecule has 1 heterocycles. The topological polar surface area (TPSA) is 96.0 Å². The maximum atomic E-state index is 13.3. The zero-order valence-electron chi connectivity index (χ0n) is 20.0. The molecular formula is C26H29N3O5S. The van der Waals surface area contributed by atoms with E-state index in [0.29, 0.717) is 28.1 Å². The van der Waals surface area contributed by atoms with Gasteiger partial charge in [-0.25, -0.2) is 8.42 Å². The third-order valence-electron chi connectivity index (χ3n) is 6.33. The van der Waals surface area contributed by atoms with Crippen molar-refractivity contribution in [3.8, 4) is 5.75 Å². The third-order valence-corrected chi connectivity index (χ3v) is 8.19. The Labute approximate surface area is 205 Å². The summed E-state index contributed by atoms with van der Waals surface area (Å²) in [4.78, 5) is 27.4. The average Bonchev–Trinajstić information content (AvgIpc) is 3.09. The lowest BCUT2D eigenvalue weighted by molar-refractivity contribution is -0.140. The van der Waals surface area contributed by atoms with Crippen LogP contribution in [0, 0.1) is 0 Å². The fraction of sp³-hybridized carbons (Fsp3) is 0.308. The first-order chi connectivity index (χ1) is 16.8. The minimum Gasteiger partial charge on any atom is -0.497 e. The molecule has 0 saturated carbocycles. The molecule has 0 unspecified atom stereocenters. The van der Waals surface area contributed by atoms with Gasteiger partial charge in [0.25, 0.3) is 10.0 Å². The summed E-state index contributed by atoms with van der Waals surface area (Å²) in [5.41, 5.74) is 1.47. The number of nitrogens with one attached hydrogen (secondary N) is 1. The van der Waals surface area contributed by atoms with Gasteiger partial charge in [-0.1, -0.05) is 36.4 Å². The van der Waals surface area contributed by atoms with Crippen LogP contribution in [0.2, 0.25) is 0 Å². The van der Waals surface area contributed by atoms with E-state index in [-0.39, 0.29) is 31.3 Å². The number of benzene rings is 3. The molecule has 1 N–H and O–H groups in total. The van der Waals surface area contributed by atoms with Crippen LogP contribution in [0.5, 0.6) is 5.75 Å². The summed E-state index contributed by atoms with van der Waals surface area (Å²) in [6.07, 6.45) is 0.418. The summed E-state index contributed by atoms with van der Waals surface area (Å²) in [6.45, 7) is 2.08. The number of amides is 2. The fourth-order valence-corrected chi connectivity index (χ4v) is 6.22. The van der Waals surface area contributed by atoms with Crippen molar-refractivity contribution in [2.75, 3.05) is 25.0 Å². The molecule has 0 saturated heterocycles. The Kier molecular flexibility index (Phi) is 6.98. The number of nitrogens with zero attached hydrogens (tertiary/aromatic N) is 2. The number of hydrogen-bond acceptors (Lipinski definition) is 5. The van der Waals surface area contributed by atoms with E-state index in [1.807, 2.05) is 42.5 Å². The second-order valence-corrected chi connectivity index (χ2v) is 10.3. The van der Waals surface area contributed by atoms with E-state index in [1.54, 1.807) is 32.2 Å². The molecule has 3 aromatic carbocycles. The van der Waals surface area contributed by atoms with Crippen molar-refractivity contribution >= 4 is 38.3 Å². The molecule has 8 nitrogen and oxygen atoms in total. The number of hydrogen-bond donors (Lipinski definition) is 1. The molecule has 1 aliphatic rings. The molecule has 0 aliphatic carbocycles. The van der Waals surface area contributed by atoms with E-state index < -0.39 is 16.1 Å². The van der Waals surface area contributed by atoms with Crippen molar-refractivity contribution in [3.63, 3.8) is 0 Å². The highest BCUT2D eigenvalue weighted by molar-refractivity contribution is 7.93. The van der Waals surface area contributed by atoms with Gasteiger partial charge in [0.15, 0.2) is 0 Å². The summed E-state index contributed by atoms with van der Waals surface area (Å²) in [5.74, 6) is 0.164. The molecule has 0 radical (unpaired) electrons. The first kappa shape index (κ1) is 24.5. The van der Waals surface area contributed by atoms with Crippen LogP contribution in [0.3, 0.4) is 0 Å². The van der Waals surface area contributed by atoms with Crippen molar-refractivity contribution in [3.05, 3.63) is 66.2 Å². The number of anilines is 1. The molecule has 4 rings (SSSR count). The summed E-state index contributed by atoms with van der Waals surface area (Å²) in [7, 11) is -0.575. The molecule has 1 atom stereocenters. The summed E-state index contributed by atoms with van der Waals surface area (Å²) in [6, 6.07) is 17.4. The molecule has 3 aromatic rings. The predicted molar refractivity (Wildman–Crippen MR) is 135 cm³/mol. The second kappa shape index (κ2) is 9.95. The molecule has 9 heteroatoms. The average molecular weight is 496 g/mol. The molecule has 0 bridgehead atoms. The molecule has 0 spiro atoms. The van der Waals surface area contributed by atoms with Crippen LogP contribution in [-0.2, 0) is 26.2 Å². The number of rotatable bonds is 9. The monoisotopic (exact) mass is 495 g/mol. The predicted octanol–water partition coefficient (Wildman–Crippen LogP) is 3.30. The Balaban J connectivity index is 1.50. The Bertz CT molecular complexity index is 1370. The van der Waals surface area contributed by atoms with E-state index in [4.69, 9.17) is 4.74 Å². The van der Waals surface area contributed by atoms with Gasteiger partial charge < -0.3 is 15.0 Å². The van der Waals surface area contributed by atoms with Gasteiger partial charge >= 0.3 is 0 Å². The number of likely N-dealkylation sites (N-methyl/N-ethyl adjacent to an activating group) is 1. The van der Waals surface area contributed by atoms with Gasteiger partial charge in [-0.05, 0) is 48.6 Å². The van der Waals surface area contributed by atoms with Gasteiger partial charge in [-0.15, -0.1) is 0 Å². The zero-order chi connectivity index (χ0) is 25.2. The lowest BCUT2D eigenvalue weighted by Crippen LogP contribution is -2.46.